The number of halogens is 4. The molecule has 7 heteroatoms. The van der Waals surface area contributed by atoms with Crippen LogP contribution in [0.15, 0.2) is 66.7 Å². The summed E-state index contributed by atoms with van der Waals surface area (Å²) in [5, 5.41) is 9.59. The topological polar surface area (TPSA) is 40.5 Å². The number of aliphatic carboxylic acids is 1. The highest BCUT2D eigenvalue weighted by Crippen LogP contribution is 2.44. The zero-order chi connectivity index (χ0) is 26.0. The third-order valence-corrected chi connectivity index (χ3v) is 7.11. The number of alkyl halides is 3. The highest BCUT2D eigenvalue weighted by molar-refractivity contribution is 5.79. The van der Waals surface area contributed by atoms with Crippen LogP contribution >= 0.6 is 0 Å². The summed E-state index contributed by atoms with van der Waals surface area (Å²) in [6.07, 6.45) is -2.94. The van der Waals surface area contributed by atoms with E-state index in [4.69, 9.17) is 0 Å². The van der Waals surface area contributed by atoms with Crippen LogP contribution in [0.4, 0.5) is 17.6 Å². The fourth-order valence-electron chi connectivity index (χ4n) is 4.98. The molecule has 0 spiro atoms. The number of piperidine rings is 1. The first-order valence-electron chi connectivity index (χ1n) is 12.1. The van der Waals surface area contributed by atoms with Crippen LogP contribution in [0.5, 0.6) is 0 Å². The number of carbonyl (C=O) groups is 1. The van der Waals surface area contributed by atoms with Crippen molar-refractivity contribution in [1.82, 2.24) is 4.90 Å². The molecule has 190 valence electrons. The quantitative estimate of drug-likeness (QED) is 0.357. The van der Waals surface area contributed by atoms with Gasteiger partial charge in [-0.05, 0) is 90.9 Å². The van der Waals surface area contributed by atoms with Crippen LogP contribution in [-0.4, -0.2) is 29.1 Å². The van der Waals surface area contributed by atoms with E-state index < -0.39 is 35.5 Å². The van der Waals surface area contributed by atoms with Crippen LogP contribution in [0.25, 0.3) is 11.1 Å². The SMILES string of the molecule is CC1CCN([C@@H](c2ccc(F)cc2)c2cc(C(F)(F)F)c([C@@H](C)C(=O)O)cc2-c2ccccc2)CC1. The van der Waals surface area contributed by atoms with Crippen molar-refractivity contribution >= 4 is 5.97 Å². The van der Waals surface area contributed by atoms with Gasteiger partial charge in [0.05, 0.1) is 17.5 Å². The lowest BCUT2D eigenvalue weighted by Gasteiger charge is -2.38. The first-order chi connectivity index (χ1) is 17.1. The Morgan fingerprint density at radius 3 is 2.14 bits per heavy atom. The van der Waals surface area contributed by atoms with Gasteiger partial charge in [0.15, 0.2) is 0 Å². The van der Waals surface area contributed by atoms with E-state index in [1.807, 2.05) is 6.07 Å². The number of likely N-dealkylation sites (tertiary alicyclic amines) is 1. The van der Waals surface area contributed by atoms with Crippen LogP contribution in [0.1, 0.15) is 60.9 Å². The number of carboxylic acids is 1. The largest absolute Gasteiger partial charge is 0.481 e. The average molecular weight is 500 g/mol. The molecule has 0 unspecified atom stereocenters. The Balaban J connectivity index is 2.01. The maximum atomic E-state index is 14.3. The molecule has 0 saturated carbocycles. The molecular formula is C29H29F4NO2. The number of carboxylic acid groups (broad SMARTS) is 1. The summed E-state index contributed by atoms with van der Waals surface area (Å²) < 4.78 is 56.8. The Hall–Kier alpha value is -3.19. The fraction of sp³-hybridized carbons (Fsp3) is 0.345. The summed E-state index contributed by atoms with van der Waals surface area (Å²) in [6.45, 7) is 4.80. The van der Waals surface area contributed by atoms with Crippen LogP contribution in [-0.2, 0) is 11.0 Å². The summed E-state index contributed by atoms with van der Waals surface area (Å²) in [6, 6.07) is 16.9. The van der Waals surface area contributed by atoms with E-state index in [-0.39, 0.29) is 5.56 Å². The minimum absolute atomic E-state index is 0.275. The average Bonchev–Trinajstić information content (AvgIpc) is 2.85. The van der Waals surface area contributed by atoms with Crippen LogP contribution in [0.3, 0.4) is 0 Å². The van der Waals surface area contributed by atoms with E-state index in [1.165, 1.54) is 25.1 Å². The molecule has 0 bridgehead atoms. The Morgan fingerprint density at radius 2 is 1.58 bits per heavy atom. The first-order valence-corrected chi connectivity index (χ1v) is 12.1. The lowest BCUT2D eigenvalue weighted by molar-refractivity contribution is -0.141. The highest BCUT2D eigenvalue weighted by atomic mass is 19.4. The van der Waals surface area contributed by atoms with Gasteiger partial charge in [-0.3, -0.25) is 9.69 Å². The summed E-state index contributed by atoms with van der Waals surface area (Å²) in [5.41, 5.74) is 1.12. The molecule has 1 fully saturated rings. The molecule has 3 nitrogen and oxygen atoms in total. The monoisotopic (exact) mass is 499 g/mol. The van der Waals surface area contributed by atoms with Gasteiger partial charge in [0.1, 0.15) is 5.82 Å². The van der Waals surface area contributed by atoms with E-state index >= 15 is 0 Å². The van der Waals surface area contributed by atoms with Crippen molar-refractivity contribution in [3.05, 3.63) is 94.8 Å². The van der Waals surface area contributed by atoms with Gasteiger partial charge in [-0.2, -0.15) is 13.2 Å². The van der Waals surface area contributed by atoms with E-state index in [1.54, 1.807) is 36.4 Å². The molecule has 1 heterocycles. The molecule has 1 saturated heterocycles. The molecule has 4 rings (SSSR count). The smallest absolute Gasteiger partial charge is 0.416 e. The van der Waals surface area contributed by atoms with E-state index in [9.17, 15) is 27.5 Å². The van der Waals surface area contributed by atoms with Gasteiger partial charge in [-0.1, -0.05) is 49.4 Å². The second-order valence-electron chi connectivity index (χ2n) is 9.62. The van der Waals surface area contributed by atoms with Crippen molar-refractivity contribution in [3.8, 4) is 11.1 Å². The predicted octanol–water partition coefficient (Wildman–Crippen LogP) is 7.52. The molecule has 1 aliphatic rings. The second-order valence-corrected chi connectivity index (χ2v) is 9.62. The van der Waals surface area contributed by atoms with Gasteiger partial charge in [-0.25, -0.2) is 4.39 Å². The second kappa shape index (κ2) is 10.4. The molecule has 0 amide bonds. The van der Waals surface area contributed by atoms with E-state index in [0.29, 0.717) is 41.3 Å². The number of hydrogen-bond donors (Lipinski definition) is 1. The van der Waals surface area contributed by atoms with Crippen molar-refractivity contribution in [1.29, 1.82) is 0 Å². The molecule has 3 aromatic carbocycles. The van der Waals surface area contributed by atoms with E-state index in [0.717, 1.165) is 18.9 Å². The predicted molar refractivity (Wildman–Crippen MR) is 131 cm³/mol. The summed E-state index contributed by atoms with van der Waals surface area (Å²) in [5.74, 6) is -2.59. The summed E-state index contributed by atoms with van der Waals surface area (Å²) >= 11 is 0. The zero-order valence-electron chi connectivity index (χ0n) is 20.2. The molecule has 0 aliphatic carbocycles. The van der Waals surface area contributed by atoms with Crippen LogP contribution < -0.4 is 0 Å². The third kappa shape index (κ3) is 5.46. The molecule has 1 N–H and O–H groups in total. The maximum Gasteiger partial charge on any atom is 0.416 e. The third-order valence-electron chi connectivity index (χ3n) is 7.11. The maximum absolute atomic E-state index is 14.3. The molecule has 1 aliphatic heterocycles. The molecular weight excluding hydrogens is 470 g/mol. The van der Waals surface area contributed by atoms with Crippen molar-refractivity contribution in [2.75, 3.05) is 13.1 Å². The van der Waals surface area contributed by atoms with Gasteiger partial charge >= 0.3 is 12.1 Å². The highest BCUT2D eigenvalue weighted by Gasteiger charge is 2.39. The first kappa shape index (κ1) is 25.9. The van der Waals surface area contributed by atoms with Crippen molar-refractivity contribution in [3.63, 3.8) is 0 Å². The Morgan fingerprint density at radius 1 is 0.972 bits per heavy atom. The van der Waals surface area contributed by atoms with Crippen molar-refractivity contribution in [2.45, 2.75) is 44.8 Å². The van der Waals surface area contributed by atoms with Crippen molar-refractivity contribution in [2.24, 2.45) is 5.92 Å². The molecule has 0 aromatic heterocycles. The standard InChI is InChI=1S/C29H29F4NO2/c1-18-12-14-34(15-13-18)27(21-8-10-22(30)11-9-21)25-17-26(29(31,32)33)23(19(2)28(35)36)16-24(25)20-6-4-3-5-7-20/h3-11,16-19,27H,12-15H2,1-2H3,(H,35,36)/t19-,27+/m1/s1. The van der Waals surface area contributed by atoms with Gasteiger partial charge in [0, 0.05) is 0 Å². The molecule has 3 aromatic rings. The van der Waals surface area contributed by atoms with Gasteiger partial charge in [0.2, 0.25) is 0 Å². The number of nitrogens with zero attached hydrogens (tertiary/aromatic N) is 1. The van der Waals surface area contributed by atoms with Gasteiger partial charge in [0.25, 0.3) is 0 Å². The number of benzene rings is 3. The summed E-state index contributed by atoms with van der Waals surface area (Å²) in [7, 11) is 0. The number of hydrogen-bond acceptors (Lipinski definition) is 2. The molecule has 2 atom stereocenters. The van der Waals surface area contributed by atoms with Crippen LogP contribution in [0.2, 0.25) is 0 Å². The zero-order valence-corrected chi connectivity index (χ0v) is 20.2. The minimum atomic E-state index is -4.74. The minimum Gasteiger partial charge on any atom is -0.481 e. The fourth-order valence-corrected chi connectivity index (χ4v) is 4.98. The Bertz CT molecular complexity index is 1200. The Labute approximate surface area is 208 Å². The molecule has 36 heavy (non-hydrogen) atoms. The van der Waals surface area contributed by atoms with E-state index in [2.05, 4.69) is 11.8 Å². The number of rotatable bonds is 6. The van der Waals surface area contributed by atoms with Crippen LogP contribution in [0, 0.1) is 11.7 Å². The van der Waals surface area contributed by atoms with Crippen molar-refractivity contribution < 1.29 is 27.5 Å². The normalized spacial score (nSPS) is 17.1. The Kier molecular flexibility index (Phi) is 7.50. The summed E-state index contributed by atoms with van der Waals surface area (Å²) in [4.78, 5) is 13.9. The van der Waals surface area contributed by atoms with Gasteiger partial charge in [-0.15, -0.1) is 0 Å². The lowest BCUT2D eigenvalue weighted by Crippen LogP contribution is -2.37. The lowest BCUT2D eigenvalue weighted by atomic mass is 9.83. The molecule has 0 radical (unpaired) electrons. The van der Waals surface area contributed by atoms with Gasteiger partial charge < -0.3 is 5.11 Å².